The minimum absolute atomic E-state index is 0.0551. The first-order valence-corrected chi connectivity index (χ1v) is 8.28. The SMILES string of the molecule is CC(=O)Nc1nc(CSc2nc(CC(=O)O)cs2)cs1. The molecule has 0 bridgehead atoms. The first-order chi connectivity index (χ1) is 9.52. The van der Waals surface area contributed by atoms with Crippen molar-refractivity contribution in [2.45, 2.75) is 23.4 Å². The molecule has 0 spiro atoms. The number of thioether (sulfide) groups is 1. The van der Waals surface area contributed by atoms with E-state index >= 15 is 0 Å². The first kappa shape index (κ1) is 14.9. The molecule has 0 aliphatic heterocycles. The minimum atomic E-state index is -0.883. The molecule has 0 atom stereocenters. The number of amides is 1. The number of hydrogen-bond donors (Lipinski definition) is 2. The molecular weight excluding hydrogens is 318 g/mol. The Hall–Kier alpha value is -1.45. The highest BCUT2D eigenvalue weighted by molar-refractivity contribution is 8.00. The maximum Gasteiger partial charge on any atom is 0.309 e. The lowest BCUT2D eigenvalue weighted by atomic mass is 10.3. The van der Waals surface area contributed by atoms with Crippen LogP contribution in [0.1, 0.15) is 18.3 Å². The number of carboxylic acids is 1. The molecule has 2 heterocycles. The zero-order valence-electron chi connectivity index (χ0n) is 10.5. The van der Waals surface area contributed by atoms with Gasteiger partial charge in [-0.2, -0.15) is 0 Å². The Morgan fingerprint density at radius 1 is 1.30 bits per heavy atom. The van der Waals surface area contributed by atoms with E-state index in [2.05, 4.69) is 15.3 Å². The number of rotatable bonds is 6. The lowest BCUT2D eigenvalue weighted by Crippen LogP contribution is -2.05. The van der Waals surface area contributed by atoms with Gasteiger partial charge in [-0.3, -0.25) is 9.59 Å². The van der Waals surface area contributed by atoms with Gasteiger partial charge in [0.1, 0.15) is 0 Å². The molecule has 2 aromatic rings. The summed E-state index contributed by atoms with van der Waals surface area (Å²) in [5.41, 5.74) is 1.43. The van der Waals surface area contributed by atoms with Gasteiger partial charge in [0.2, 0.25) is 5.91 Å². The topological polar surface area (TPSA) is 92.2 Å². The molecule has 0 aliphatic carbocycles. The lowest BCUT2D eigenvalue weighted by molar-refractivity contribution is -0.136. The number of anilines is 1. The van der Waals surface area contributed by atoms with Crippen LogP contribution in [0.3, 0.4) is 0 Å². The number of carbonyl (C=O) groups excluding carboxylic acids is 1. The fraction of sp³-hybridized carbons (Fsp3) is 0.273. The van der Waals surface area contributed by atoms with E-state index in [0.29, 0.717) is 16.6 Å². The van der Waals surface area contributed by atoms with E-state index in [-0.39, 0.29) is 12.3 Å². The highest BCUT2D eigenvalue weighted by Gasteiger charge is 2.08. The van der Waals surface area contributed by atoms with Gasteiger partial charge >= 0.3 is 5.97 Å². The van der Waals surface area contributed by atoms with Gasteiger partial charge in [0.05, 0.1) is 17.8 Å². The normalized spacial score (nSPS) is 10.4. The molecule has 0 aliphatic rings. The van der Waals surface area contributed by atoms with Crippen molar-refractivity contribution in [1.29, 1.82) is 0 Å². The summed E-state index contributed by atoms with van der Waals surface area (Å²) >= 11 is 4.30. The fourth-order valence-corrected chi connectivity index (χ4v) is 3.91. The second kappa shape index (κ2) is 6.82. The largest absolute Gasteiger partial charge is 0.481 e. The van der Waals surface area contributed by atoms with E-state index < -0.39 is 5.97 Å². The highest BCUT2D eigenvalue weighted by atomic mass is 32.2. The average molecular weight is 329 g/mol. The predicted molar refractivity (Wildman–Crippen MR) is 79.4 cm³/mol. The second-order valence-corrected chi connectivity index (χ2v) is 6.73. The molecule has 9 heteroatoms. The zero-order valence-corrected chi connectivity index (χ0v) is 12.9. The Morgan fingerprint density at radius 3 is 2.75 bits per heavy atom. The van der Waals surface area contributed by atoms with Gasteiger partial charge < -0.3 is 10.4 Å². The number of hydrogen-bond acceptors (Lipinski definition) is 7. The number of aliphatic carboxylic acids is 1. The van der Waals surface area contributed by atoms with E-state index in [1.165, 1.54) is 41.4 Å². The summed E-state index contributed by atoms with van der Waals surface area (Å²) in [5, 5.41) is 15.5. The van der Waals surface area contributed by atoms with Gasteiger partial charge in [0.15, 0.2) is 9.47 Å². The fourth-order valence-electron chi connectivity index (χ4n) is 1.31. The van der Waals surface area contributed by atoms with Gasteiger partial charge in [0.25, 0.3) is 0 Å². The van der Waals surface area contributed by atoms with Crippen molar-refractivity contribution in [3.05, 3.63) is 22.1 Å². The van der Waals surface area contributed by atoms with E-state index in [1.807, 2.05) is 5.38 Å². The summed E-state index contributed by atoms with van der Waals surface area (Å²) in [6.07, 6.45) is -0.0551. The number of nitrogens with zero attached hydrogens (tertiary/aromatic N) is 2. The maximum atomic E-state index is 10.9. The summed E-state index contributed by atoms with van der Waals surface area (Å²) in [6.45, 7) is 1.44. The van der Waals surface area contributed by atoms with Crippen LogP contribution in [0.15, 0.2) is 15.1 Å². The molecule has 0 radical (unpaired) electrons. The molecule has 2 aromatic heterocycles. The standard InChI is InChI=1S/C11H11N3O3S3/c1-6(15)12-10-13-8(4-18-10)5-20-11-14-7(3-19-11)2-9(16)17/h3-4H,2,5H2,1H3,(H,16,17)(H,12,13,15). The van der Waals surface area contributed by atoms with E-state index in [4.69, 9.17) is 5.11 Å². The van der Waals surface area contributed by atoms with Crippen LogP contribution in [0, 0.1) is 0 Å². The number of nitrogens with one attached hydrogen (secondary N) is 1. The van der Waals surface area contributed by atoms with Crippen LogP contribution in [0.4, 0.5) is 5.13 Å². The first-order valence-electron chi connectivity index (χ1n) is 5.54. The van der Waals surface area contributed by atoms with E-state index in [1.54, 1.807) is 5.38 Å². The number of thiazole rings is 2. The Kier molecular flexibility index (Phi) is 5.10. The molecule has 6 nitrogen and oxygen atoms in total. The third-order valence-corrected chi connectivity index (χ3v) is 4.95. The Morgan fingerprint density at radius 2 is 2.05 bits per heavy atom. The molecular formula is C11H11N3O3S3. The molecule has 0 unspecified atom stereocenters. The summed E-state index contributed by atoms with van der Waals surface area (Å²) in [4.78, 5) is 29.9. The predicted octanol–water partition coefficient (Wildman–Crippen LogP) is 2.48. The molecule has 0 fully saturated rings. The number of aromatic nitrogens is 2. The molecule has 0 aromatic carbocycles. The Bertz CT molecular complexity index is 569. The second-order valence-electron chi connectivity index (χ2n) is 3.79. The van der Waals surface area contributed by atoms with Crippen LogP contribution < -0.4 is 5.32 Å². The van der Waals surface area contributed by atoms with Crippen LogP contribution in [0.25, 0.3) is 0 Å². The highest BCUT2D eigenvalue weighted by Crippen LogP contribution is 2.27. The quantitative estimate of drug-likeness (QED) is 0.791. The minimum Gasteiger partial charge on any atom is -0.481 e. The van der Waals surface area contributed by atoms with Crippen molar-refractivity contribution in [2.75, 3.05) is 5.32 Å². The molecule has 106 valence electrons. The summed E-state index contributed by atoms with van der Waals surface area (Å²) in [7, 11) is 0. The molecule has 20 heavy (non-hydrogen) atoms. The van der Waals surface area contributed by atoms with E-state index in [0.717, 1.165) is 10.0 Å². The number of carboxylic acid groups (broad SMARTS) is 1. The van der Waals surface area contributed by atoms with Crippen LogP contribution in [0.2, 0.25) is 0 Å². The van der Waals surface area contributed by atoms with Gasteiger partial charge in [-0.1, -0.05) is 11.8 Å². The van der Waals surface area contributed by atoms with Crippen molar-refractivity contribution in [1.82, 2.24) is 9.97 Å². The van der Waals surface area contributed by atoms with Gasteiger partial charge in [-0.15, -0.1) is 22.7 Å². The van der Waals surface area contributed by atoms with Crippen LogP contribution >= 0.6 is 34.4 Å². The summed E-state index contributed by atoms with van der Waals surface area (Å²) in [6, 6.07) is 0. The Balaban J connectivity index is 1.88. The monoisotopic (exact) mass is 329 g/mol. The lowest BCUT2D eigenvalue weighted by Gasteiger charge is -1.95. The van der Waals surface area contributed by atoms with Crippen molar-refractivity contribution in [3.8, 4) is 0 Å². The maximum absolute atomic E-state index is 10.9. The molecule has 0 saturated carbocycles. The van der Waals surface area contributed by atoms with Crippen molar-refractivity contribution < 1.29 is 14.7 Å². The van der Waals surface area contributed by atoms with Gasteiger partial charge in [-0.25, -0.2) is 9.97 Å². The third kappa shape index (κ3) is 4.58. The number of carbonyl (C=O) groups is 2. The molecule has 2 rings (SSSR count). The van der Waals surface area contributed by atoms with Crippen molar-refractivity contribution >= 4 is 51.4 Å². The van der Waals surface area contributed by atoms with Gasteiger partial charge in [-0.05, 0) is 0 Å². The molecule has 0 saturated heterocycles. The van der Waals surface area contributed by atoms with Crippen molar-refractivity contribution in [2.24, 2.45) is 0 Å². The van der Waals surface area contributed by atoms with Crippen LogP contribution in [0.5, 0.6) is 0 Å². The average Bonchev–Trinajstić information content (AvgIpc) is 2.94. The van der Waals surface area contributed by atoms with Crippen LogP contribution in [-0.2, 0) is 21.8 Å². The molecule has 1 amide bonds. The van der Waals surface area contributed by atoms with Crippen LogP contribution in [-0.4, -0.2) is 27.0 Å². The van der Waals surface area contributed by atoms with Crippen molar-refractivity contribution in [3.63, 3.8) is 0 Å². The van der Waals surface area contributed by atoms with E-state index in [9.17, 15) is 9.59 Å². The smallest absolute Gasteiger partial charge is 0.309 e. The third-order valence-electron chi connectivity index (χ3n) is 2.04. The zero-order chi connectivity index (χ0) is 14.5. The molecule has 2 N–H and O–H groups in total. The van der Waals surface area contributed by atoms with Gasteiger partial charge in [0, 0.05) is 23.4 Å². The summed E-state index contributed by atoms with van der Waals surface area (Å²) in [5.74, 6) is -0.390. The summed E-state index contributed by atoms with van der Waals surface area (Å²) < 4.78 is 0.815. The Labute approximate surface area is 127 Å².